The van der Waals surface area contributed by atoms with Crippen molar-refractivity contribution in [3.63, 3.8) is 0 Å². The van der Waals surface area contributed by atoms with Crippen molar-refractivity contribution in [2.45, 2.75) is 11.4 Å². The molecule has 0 fully saturated rings. The van der Waals surface area contributed by atoms with Crippen molar-refractivity contribution in [3.8, 4) is 17.5 Å². The number of para-hydroxylation sites is 1. The molecule has 0 bridgehead atoms. The lowest BCUT2D eigenvalue weighted by Crippen LogP contribution is -2.25. The van der Waals surface area contributed by atoms with E-state index in [4.69, 9.17) is 9.47 Å². The van der Waals surface area contributed by atoms with E-state index in [1.54, 1.807) is 36.4 Å². The second-order valence-corrected chi connectivity index (χ2v) is 7.41. The first kappa shape index (κ1) is 16.3. The largest absolute Gasteiger partial charge is 0.481 e. The summed E-state index contributed by atoms with van der Waals surface area (Å²) in [6, 6.07) is 17.4. The average Bonchev–Trinajstić information content (AvgIpc) is 2.93. The van der Waals surface area contributed by atoms with E-state index < -0.39 is 10.0 Å². The molecule has 0 radical (unpaired) electrons. The average molecular weight is 369 g/mol. The highest BCUT2D eigenvalue weighted by molar-refractivity contribution is 7.93. The molecule has 0 saturated carbocycles. The summed E-state index contributed by atoms with van der Waals surface area (Å²) in [6.07, 6.45) is 0. The Morgan fingerprint density at radius 1 is 0.962 bits per heavy atom. The fourth-order valence-electron chi connectivity index (χ4n) is 2.69. The Labute approximate surface area is 150 Å². The first-order valence-corrected chi connectivity index (χ1v) is 9.28. The number of fused-ring (bicyclic) bond motifs is 1. The molecule has 132 valence electrons. The number of hydrogen-bond donors (Lipinski definition) is 0. The van der Waals surface area contributed by atoms with Gasteiger partial charge in [0.2, 0.25) is 17.7 Å². The summed E-state index contributed by atoms with van der Waals surface area (Å²) in [5.41, 5.74) is 0.699. The molecule has 2 heterocycles. The summed E-state index contributed by atoms with van der Waals surface area (Å²) >= 11 is 0. The maximum Gasteiger partial charge on any atom is 0.267 e. The van der Waals surface area contributed by atoms with Crippen LogP contribution in [-0.2, 0) is 16.6 Å². The minimum absolute atomic E-state index is 0.00600. The highest BCUT2D eigenvalue weighted by atomic mass is 32.2. The third-order valence-corrected chi connectivity index (χ3v) is 5.75. The lowest BCUT2D eigenvalue weighted by molar-refractivity contribution is 0.388. The fourth-order valence-corrected chi connectivity index (χ4v) is 4.25. The lowest BCUT2D eigenvalue weighted by atomic mass is 10.2. The minimum atomic E-state index is -3.72. The van der Waals surface area contributed by atoms with E-state index in [9.17, 15) is 8.42 Å². The Morgan fingerprint density at radius 3 is 2.38 bits per heavy atom. The Balaban J connectivity index is 1.74. The standard InChI is InChI=1S/C18H15N3O4S/c1-24-16-11-17(25-14-8-3-2-4-9-14)20-18(19-16)21-12-13-7-5-6-10-15(13)26(21,22)23/h2-11H,12H2,1H3. The molecule has 0 aliphatic carbocycles. The van der Waals surface area contributed by atoms with Crippen LogP contribution < -0.4 is 13.8 Å². The molecule has 2 aromatic carbocycles. The highest BCUT2D eigenvalue weighted by Gasteiger charge is 2.36. The number of benzene rings is 2. The van der Waals surface area contributed by atoms with Crippen LogP contribution in [0, 0.1) is 0 Å². The number of nitrogens with zero attached hydrogens (tertiary/aromatic N) is 3. The van der Waals surface area contributed by atoms with Gasteiger partial charge in [-0.2, -0.15) is 9.97 Å². The van der Waals surface area contributed by atoms with Crippen LogP contribution in [0.5, 0.6) is 17.5 Å². The molecule has 0 saturated heterocycles. The Morgan fingerprint density at radius 2 is 1.65 bits per heavy atom. The summed E-state index contributed by atoms with van der Waals surface area (Å²) in [5.74, 6) is 0.995. The van der Waals surface area contributed by atoms with E-state index in [1.165, 1.54) is 13.2 Å². The molecule has 0 N–H and O–H groups in total. The molecule has 0 amide bonds. The third-order valence-electron chi connectivity index (χ3n) is 3.92. The van der Waals surface area contributed by atoms with Gasteiger partial charge in [-0.1, -0.05) is 36.4 Å². The zero-order valence-electron chi connectivity index (χ0n) is 13.9. The number of sulfonamides is 1. The van der Waals surface area contributed by atoms with Gasteiger partial charge in [0.25, 0.3) is 10.0 Å². The molecule has 1 aliphatic rings. The van der Waals surface area contributed by atoms with Gasteiger partial charge in [-0.25, -0.2) is 12.7 Å². The fraction of sp³-hybridized carbons (Fsp3) is 0.111. The van der Waals surface area contributed by atoms with Gasteiger partial charge < -0.3 is 9.47 Å². The maximum absolute atomic E-state index is 12.8. The Bertz CT molecular complexity index is 1060. The molecule has 7 nitrogen and oxygen atoms in total. The molecular formula is C18H15N3O4S. The first-order chi connectivity index (χ1) is 12.6. The normalized spacial score (nSPS) is 14.7. The second-order valence-electron chi connectivity index (χ2n) is 5.58. The van der Waals surface area contributed by atoms with Crippen LogP contribution in [0.15, 0.2) is 65.6 Å². The van der Waals surface area contributed by atoms with Gasteiger partial charge in [-0.05, 0) is 23.8 Å². The van der Waals surface area contributed by atoms with Crippen LogP contribution in [0.2, 0.25) is 0 Å². The summed E-state index contributed by atoms with van der Waals surface area (Å²) < 4.78 is 37.7. The van der Waals surface area contributed by atoms with Crippen LogP contribution in [0.3, 0.4) is 0 Å². The van der Waals surface area contributed by atoms with Gasteiger partial charge in [-0.15, -0.1) is 0 Å². The van der Waals surface area contributed by atoms with E-state index in [0.717, 1.165) is 4.31 Å². The van der Waals surface area contributed by atoms with E-state index in [-0.39, 0.29) is 29.1 Å². The molecular weight excluding hydrogens is 354 g/mol. The smallest absolute Gasteiger partial charge is 0.267 e. The quantitative estimate of drug-likeness (QED) is 0.703. The second kappa shape index (κ2) is 6.30. The minimum Gasteiger partial charge on any atom is -0.481 e. The van der Waals surface area contributed by atoms with Crippen molar-refractivity contribution < 1.29 is 17.9 Å². The van der Waals surface area contributed by atoms with Crippen LogP contribution in [-0.4, -0.2) is 25.5 Å². The van der Waals surface area contributed by atoms with Crippen molar-refractivity contribution in [2.24, 2.45) is 0 Å². The van der Waals surface area contributed by atoms with Crippen molar-refractivity contribution in [2.75, 3.05) is 11.4 Å². The molecule has 0 unspecified atom stereocenters. The molecule has 3 aromatic rings. The number of ether oxygens (including phenoxy) is 2. The van der Waals surface area contributed by atoms with Crippen LogP contribution >= 0.6 is 0 Å². The number of anilines is 1. The van der Waals surface area contributed by atoms with E-state index in [0.29, 0.717) is 11.3 Å². The predicted octanol–water partition coefficient (Wildman–Crippen LogP) is 2.99. The molecule has 0 spiro atoms. The van der Waals surface area contributed by atoms with Gasteiger partial charge in [0.1, 0.15) is 5.75 Å². The number of methoxy groups -OCH3 is 1. The van der Waals surface area contributed by atoms with E-state index in [2.05, 4.69) is 9.97 Å². The molecule has 4 rings (SSSR count). The topological polar surface area (TPSA) is 81.6 Å². The van der Waals surface area contributed by atoms with E-state index >= 15 is 0 Å². The van der Waals surface area contributed by atoms with Crippen LogP contribution in [0.1, 0.15) is 5.56 Å². The van der Waals surface area contributed by atoms with Crippen LogP contribution in [0.4, 0.5) is 5.95 Å². The number of aromatic nitrogens is 2. The van der Waals surface area contributed by atoms with Crippen molar-refractivity contribution in [3.05, 3.63) is 66.2 Å². The molecule has 26 heavy (non-hydrogen) atoms. The zero-order valence-corrected chi connectivity index (χ0v) is 14.7. The monoisotopic (exact) mass is 369 g/mol. The molecule has 1 aromatic heterocycles. The first-order valence-electron chi connectivity index (χ1n) is 7.84. The van der Waals surface area contributed by atoms with Gasteiger partial charge in [0.05, 0.1) is 24.6 Å². The highest BCUT2D eigenvalue weighted by Crippen LogP contribution is 2.34. The predicted molar refractivity (Wildman–Crippen MR) is 94.9 cm³/mol. The van der Waals surface area contributed by atoms with Gasteiger partial charge in [0.15, 0.2) is 0 Å². The summed E-state index contributed by atoms with van der Waals surface area (Å²) in [5, 5.41) is 0. The SMILES string of the molecule is COc1cc(Oc2ccccc2)nc(N2Cc3ccccc3S2(=O)=O)n1. The summed E-state index contributed by atoms with van der Waals surface area (Å²) in [4.78, 5) is 8.72. The van der Waals surface area contributed by atoms with Crippen molar-refractivity contribution in [1.29, 1.82) is 0 Å². The van der Waals surface area contributed by atoms with Gasteiger partial charge >= 0.3 is 0 Å². The summed E-state index contributed by atoms with van der Waals surface area (Å²) in [7, 11) is -2.27. The van der Waals surface area contributed by atoms with Crippen LogP contribution in [0.25, 0.3) is 0 Å². The van der Waals surface area contributed by atoms with Gasteiger partial charge in [-0.3, -0.25) is 0 Å². The summed E-state index contributed by atoms with van der Waals surface area (Å²) in [6.45, 7) is 0.163. The molecule has 0 atom stereocenters. The maximum atomic E-state index is 12.8. The van der Waals surface area contributed by atoms with Crippen molar-refractivity contribution >= 4 is 16.0 Å². The molecule has 8 heteroatoms. The lowest BCUT2D eigenvalue weighted by Gasteiger charge is -2.16. The Hall–Kier alpha value is -3.13. The third kappa shape index (κ3) is 2.84. The van der Waals surface area contributed by atoms with Gasteiger partial charge in [0, 0.05) is 0 Å². The van der Waals surface area contributed by atoms with Crippen molar-refractivity contribution in [1.82, 2.24) is 9.97 Å². The number of rotatable bonds is 4. The zero-order chi connectivity index (χ0) is 18.1. The molecule has 1 aliphatic heterocycles. The number of hydrogen-bond acceptors (Lipinski definition) is 6. The Kier molecular flexibility index (Phi) is 3.96. The van der Waals surface area contributed by atoms with E-state index in [1.807, 2.05) is 18.2 Å².